The fraction of sp³-hybridized carbons (Fsp3) is 0.158. The molecule has 6 heteroatoms. The highest BCUT2D eigenvalue weighted by molar-refractivity contribution is 6.03. The number of aromatic nitrogens is 2. The molecule has 0 radical (unpaired) electrons. The van der Waals surface area contributed by atoms with Crippen molar-refractivity contribution < 1.29 is 9.18 Å². The maximum atomic E-state index is 13.8. The molecule has 0 atom stereocenters. The smallest absolute Gasteiger partial charge is 0.326 e. The minimum Gasteiger partial charge on any atom is -0.334 e. The van der Waals surface area contributed by atoms with Gasteiger partial charge in [-0.1, -0.05) is 18.2 Å². The summed E-state index contributed by atoms with van der Waals surface area (Å²) in [5, 5.41) is 2.90. The highest BCUT2D eigenvalue weighted by Crippen LogP contribution is 2.30. The van der Waals surface area contributed by atoms with Gasteiger partial charge in [-0.25, -0.2) is 14.2 Å². The van der Waals surface area contributed by atoms with E-state index in [1.807, 2.05) is 35.9 Å². The van der Waals surface area contributed by atoms with Crippen molar-refractivity contribution in [3.8, 4) is 11.3 Å². The van der Waals surface area contributed by atoms with Gasteiger partial charge in [0.05, 0.1) is 23.9 Å². The van der Waals surface area contributed by atoms with E-state index in [2.05, 4.69) is 10.3 Å². The zero-order valence-electron chi connectivity index (χ0n) is 13.7. The van der Waals surface area contributed by atoms with Gasteiger partial charge in [-0.15, -0.1) is 0 Å². The van der Waals surface area contributed by atoms with Crippen LogP contribution >= 0.6 is 0 Å². The number of rotatable bonds is 2. The summed E-state index contributed by atoms with van der Waals surface area (Å²) >= 11 is 0. The van der Waals surface area contributed by atoms with Gasteiger partial charge >= 0.3 is 6.03 Å². The predicted octanol–water partition coefficient (Wildman–Crippen LogP) is 3.82. The van der Waals surface area contributed by atoms with Gasteiger partial charge in [-0.3, -0.25) is 4.90 Å². The molecule has 1 aliphatic rings. The number of nitrogens with one attached hydrogen (secondary N) is 1. The summed E-state index contributed by atoms with van der Waals surface area (Å²) in [6, 6.07) is 12.2. The SMILES string of the molecule is Cn1cncc1-c1cccc(NC(=O)N2CCc3c(F)cccc32)c1. The molecule has 0 spiro atoms. The summed E-state index contributed by atoms with van der Waals surface area (Å²) in [6.45, 7) is 0.476. The molecule has 25 heavy (non-hydrogen) atoms. The number of carbonyl (C=O) groups excluding carboxylic acids is 1. The van der Waals surface area contributed by atoms with Crippen molar-refractivity contribution in [2.45, 2.75) is 6.42 Å². The van der Waals surface area contributed by atoms with E-state index >= 15 is 0 Å². The van der Waals surface area contributed by atoms with E-state index in [1.54, 1.807) is 29.6 Å². The first kappa shape index (κ1) is 15.4. The summed E-state index contributed by atoms with van der Waals surface area (Å²) in [6.07, 6.45) is 4.04. The van der Waals surface area contributed by atoms with Crippen LogP contribution in [-0.4, -0.2) is 22.1 Å². The van der Waals surface area contributed by atoms with Crippen LogP contribution in [0.1, 0.15) is 5.56 Å². The van der Waals surface area contributed by atoms with Gasteiger partial charge in [-0.05, 0) is 30.7 Å². The third-order valence-electron chi connectivity index (χ3n) is 4.44. The van der Waals surface area contributed by atoms with Gasteiger partial charge < -0.3 is 9.88 Å². The largest absolute Gasteiger partial charge is 0.334 e. The summed E-state index contributed by atoms with van der Waals surface area (Å²) < 4.78 is 15.8. The maximum Gasteiger partial charge on any atom is 0.326 e. The zero-order valence-corrected chi connectivity index (χ0v) is 13.7. The topological polar surface area (TPSA) is 50.2 Å². The van der Waals surface area contributed by atoms with Crippen LogP contribution in [-0.2, 0) is 13.5 Å². The fourth-order valence-electron chi connectivity index (χ4n) is 3.19. The van der Waals surface area contributed by atoms with Gasteiger partial charge in [-0.2, -0.15) is 0 Å². The number of imidazole rings is 1. The Bertz CT molecular complexity index is 950. The lowest BCUT2D eigenvalue weighted by Crippen LogP contribution is -2.33. The molecule has 5 nitrogen and oxygen atoms in total. The normalized spacial score (nSPS) is 13.0. The highest BCUT2D eigenvalue weighted by atomic mass is 19.1. The average molecular weight is 336 g/mol. The Morgan fingerprint density at radius 3 is 2.88 bits per heavy atom. The Morgan fingerprint density at radius 2 is 2.08 bits per heavy atom. The fourth-order valence-corrected chi connectivity index (χ4v) is 3.19. The molecule has 0 bridgehead atoms. The lowest BCUT2D eigenvalue weighted by Gasteiger charge is -2.18. The summed E-state index contributed by atoms with van der Waals surface area (Å²) in [5.74, 6) is -0.258. The second kappa shape index (κ2) is 6.05. The summed E-state index contributed by atoms with van der Waals surface area (Å²) in [4.78, 5) is 18.3. The molecule has 0 aliphatic carbocycles. The number of halogens is 1. The summed E-state index contributed by atoms with van der Waals surface area (Å²) in [7, 11) is 1.92. The molecule has 0 fully saturated rings. The minimum atomic E-state index is -0.258. The number of fused-ring (bicyclic) bond motifs is 1. The number of carbonyl (C=O) groups is 1. The highest BCUT2D eigenvalue weighted by Gasteiger charge is 2.26. The van der Waals surface area contributed by atoms with Crippen LogP contribution in [0.2, 0.25) is 0 Å². The number of hydrogen-bond acceptors (Lipinski definition) is 2. The number of nitrogens with zero attached hydrogens (tertiary/aromatic N) is 3. The molecular weight excluding hydrogens is 319 g/mol. The van der Waals surface area contributed by atoms with Crippen LogP contribution in [0.25, 0.3) is 11.3 Å². The molecule has 2 amide bonds. The molecule has 1 N–H and O–H groups in total. The van der Waals surface area contributed by atoms with E-state index in [9.17, 15) is 9.18 Å². The number of anilines is 2. The predicted molar refractivity (Wildman–Crippen MR) is 95.1 cm³/mol. The molecule has 1 aliphatic heterocycles. The van der Waals surface area contributed by atoms with Gasteiger partial charge in [0.15, 0.2) is 0 Å². The van der Waals surface area contributed by atoms with Crippen LogP contribution in [0.5, 0.6) is 0 Å². The number of hydrogen-bond donors (Lipinski definition) is 1. The van der Waals surface area contributed by atoms with E-state index in [0.717, 1.165) is 11.3 Å². The lowest BCUT2D eigenvalue weighted by molar-refractivity contribution is 0.257. The van der Waals surface area contributed by atoms with Crippen LogP contribution in [0.4, 0.5) is 20.6 Å². The van der Waals surface area contributed by atoms with Crippen molar-refractivity contribution in [3.05, 3.63) is 66.4 Å². The molecule has 1 aromatic heterocycles. The van der Waals surface area contributed by atoms with E-state index in [4.69, 9.17) is 0 Å². The number of aryl methyl sites for hydroxylation is 1. The molecule has 0 saturated carbocycles. The van der Waals surface area contributed by atoms with Crippen molar-refractivity contribution in [2.75, 3.05) is 16.8 Å². The Balaban J connectivity index is 1.57. The van der Waals surface area contributed by atoms with E-state index in [0.29, 0.717) is 29.9 Å². The van der Waals surface area contributed by atoms with Gasteiger partial charge in [0.2, 0.25) is 0 Å². The summed E-state index contributed by atoms with van der Waals surface area (Å²) in [5.41, 5.74) is 3.85. The van der Waals surface area contributed by atoms with Crippen LogP contribution in [0, 0.1) is 5.82 Å². The minimum absolute atomic E-state index is 0.258. The molecule has 2 aromatic carbocycles. The molecule has 3 aromatic rings. The Labute approximate surface area is 144 Å². The van der Waals surface area contributed by atoms with Crippen molar-refractivity contribution in [1.29, 1.82) is 0 Å². The lowest BCUT2D eigenvalue weighted by atomic mass is 10.1. The standard InChI is InChI=1S/C19H17FN4O/c1-23-12-21-11-18(23)13-4-2-5-14(10-13)22-19(25)24-9-8-15-16(20)6-3-7-17(15)24/h2-7,10-12H,8-9H2,1H3,(H,22,25). The molecule has 0 saturated heterocycles. The third-order valence-corrected chi connectivity index (χ3v) is 4.44. The molecule has 0 unspecified atom stereocenters. The molecular formula is C19H17FN4O. The number of urea groups is 1. The Kier molecular flexibility index (Phi) is 3.72. The second-order valence-corrected chi connectivity index (χ2v) is 6.04. The van der Waals surface area contributed by atoms with Crippen molar-refractivity contribution >= 4 is 17.4 Å². The van der Waals surface area contributed by atoms with Crippen LogP contribution in [0.15, 0.2) is 55.0 Å². The number of benzene rings is 2. The number of amides is 2. The van der Waals surface area contributed by atoms with E-state index < -0.39 is 0 Å². The maximum absolute atomic E-state index is 13.8. The van der Waals surface area contributed by atoms with Crippen LogP contribution < -0.4 is 10.2 Å². The van der Waals surface area contributed by atoms with Gasteiger partial charge in [0.25, 0.3) is 0 Å². The van der Waals surface area contributed by atoms with Crippen LogP contribution in [0.3, 0.4) is 0 Å². The van der Waals surface area contributed by atoms with E-state index in [1.165, 1.54) is 6.07 Å². The molecule has 4 rings (SSSR count). The monoisotopic (exact) mass is 336 g/mol. The first-order valence-corrected chi connectivity index (χ1v) is 8.06. The third kappa shape index (κ3) is 2.76. The Morgan fingerprint density at radius 1 is 1.24 bits per heavy atom. The first-order valence-electron chi connectivity index (χ1n) is 8.06. The molecule has 2 heterocycles. The zero-order chi connectivity index (χ0) is 17.4. The van der Waals surface area contributed by atoms with Crippen molar-refractivity contribution in [2.24, 2.45) is 7.05 Å². The van der Waals surface area contributed by atoms with Gasteiger partial charge in [0.1, 0.15) is 5.82 Å². The second-order valence-electron chi connectivity index (χ2n) is 6.04. The van der Waals surface area contributed by atoms with E-state index in [-0.39, 0.29) is 11.8 Å². The van der Waals surface area contributed by atoms with Crippen molar-refractivity contribution in [1.82, 2.24) is 9.55 Å². The first-order chi connectivity index (χ1) is 12.1. The average Bonchev–Trinajstić information content (AvgIpc) is 3.22. The quantitative estimate of drug-likeness (QED) is 0.773. The van der Waals surface area contributed by atoms with Gasteiger partial charge in [0, 0.05) is 30.4 Å². The molecule has 126 valence electrons. The Hall–Kier alpha value is -3.15. The van der Waals surface area contributed by atoms with Crippen molar-refractivity contribution in [3.63, 3.8) is 0 Å².